The fourth-order valence-electron chi connectivity index (χ4n) is 1.37. The lowest BCUT2D eigenvalue weighted by molar-refractivity contribution is 0.106. The number of Topliss-reactive ketones (excluding diaryl/α,β-unsaturated/α-hetero) is 1. The summed E-state index contributed by atoms with van der Waals surface area (Å²) in [6, 6.07) is 6.10. The first kappa shape index (κ1) is 15.4. The first-order valence-electron chi connectivity index (χ1n) is 5.55. The van der Waals surface area contributed by atoms with Crippen LogP contribution in [0.5, 0.6) is 0 Å². The van der Waals surface area contributed by atoms with Crippen LogP contribution in [-0.4, -0.2) is 20.9 Å². The fraction of sp³-hybridized carbons (Fsp3) is 0.0833. The molecule has 0 saturated heterocycles. The van der Waals surface area contributed by atoms with Crippen molar-refractivity contribution in [3.63, 3.8) is 0 Å². The summed E-state index contributed by atoms with van der Waals surface area (Å²) in [5.74, 6) is -0.0313. The molecule has 1 aromatic heterocycles. The van der Waals surface area contributed by atoms with Crippen LogP contribution in [0.1, 0.15) is 16.2 Å². The number of carbonyl (C=O) groups is 1. The number of hydrazone groups is 1. The quantitative estimate of drug-likeness (QED) is 0.524. The summed E-state index contributed by atoms with van der Waals surface area (Å²) in [7, 11) is 0. The molecular weight excluding hydrogens is 333 g/mol. The van der Waals surface area contributed by atoms with Crippen LogP contribution in [0.15, 0.2) is 23.3 Å². The van der Waals surface area contributed by atoms with E-state index in [1.165, 1.54) is 18.2 Å². The van der Waals surface area contributed by atoms with Crippen molar-refractivity contribution in [2.75, 3.05) is 5.43 Å². The smallest absolute Gasteiger partial charge is 0.225 e. The van der Waals surface area contributed by atoms with Crippen molar-refractivity contribution in [1.29, 1.82) is 5.26 Å². The first-order valence-corrected chi connectivity index (χ1v) is 7.08. The van der Waals surface area contributed by atoms with Gasteiger partial charge in [0.05, 0.1) is 5.02 Å². The molecular formula is C12H7Cl2N5OS. The van der Waals surface area contributed by atoms with Crippen molar-refractivity contribution >= 4 is 51.4 Å². The molecule has 2 rings (SSSR count). The van der Waals surface area contributed by atoms with Crippen LogP contribution >= 0.6 is 34.7 Å². The van der Waals surface area contributed by atoms with Crippen molar-refractivity contribution in [1.82, 2.24) is 9.36 Å². The van der Waals surface area contributed by atoms with Gasteiger partial charge in [-0.2, -0.15) is 14.7 Å². The number of ketones is 1. The maximum Gasteiger partial charge on any atom is 0.225 e. The summed E-state index contributed by atoms with van der Waals surface area (Å²) in [6.07, 6.45) is 0. The second-order valence-corrected chi connectivity index (χ2v) is 5.38. The molecule has 106 valence electrons. The van der Waals surface area contributed by atoms with Gasteiger partial charge < -0.3 is 0 Å². The van der Waals surface area contributed by atoms with E-state index in [0.717, 1.165) is 11.5 Å². The maximum atomic E-state index is 12.2. The number of hydrogen-bond donors (Lipinski definition) is 1. The molecule has 0 unspecified atom stereocenters. The minimum absolute atomic E-state index is 0.150. The first-order chi connectivity index (χ1) is 10.0. The average molecular weight is 340 g/mol. The average Bonchev–Trinajstić information content (AvgIpc) is 2.85. The minimum atomic E-state index is -0.604. The van der Waals surface area contributed by atoms with Gasteiger partial charge in [-0.1, -0.05) is 23.2 Å². The molecule has 0 aliphatic rings. The number of nitrogens with one attached hydrogen (secondary N) is 1. The molecule has 0 saturated carbocycles. The fourth-order valence-corrected chi connectivity index (χ4v) is 2.39. The molecule has 9 heteroatoms. The molecule has 0 aliphatic carbocycles. The van der Waals surface area contributed by atoms with Gasteiger partial charge in [0.25, 0.3) is 0 Å². The zero-order valence-electron chi connectivity index (χ0n) is 10.6. The number of rotatable bonds is 4. The molecule has 0 atom stereocenters. The van der Waals surface area contributed by atoms with E-state index in [4.69, 9.17) is 28.5 Å². The van der Waals surface area contributed by atoms with Gasteiger partial charge in [-0.3, -0.25) is 4.79 Å². The molecule has 1 N–H and O–H groups in total. The molecule has 21 heavy (non-hydrogen) atoms. The van der Waals surface area contributed by atoms with E-state index in [1.807, 2.05) is 0 Å². The van der Waals surface area contributed by atoms with Crippen molar-refractivity contribution < 1.29 is 4.79 Å². The molecule has 0 aliphatic heterocycles. The van der Waals surface area contributed by atoms with E-state index in [0.29, 0.717) is 16.0 Å². The molecule has 1 heterocycles. The normalized spacial score (nSPS) is 11.0. The Morgan fingerprint density at radius 1 is 1.48 bits per heavy atom. The third-order valence-corrected chi connectivity index (χ3v) is 3.55. The zero-order valence-corrected chi connectivity index (χ0v) is 12.9. The van der Waals surface area contributed by atoms with E-state index >= 15 is 0 Å². The van der Waals surface area contributed by atoms with Crippen LogP contribution in [0.4, 0.5) is 5.13 Å². The molecule has 6 nitrogen and oxygen atoms in total. The van der Waals surface area contributed by atoms with Crippen molar-refractivity contribution in [2.24, 2.45) is 5.10 Å². The van der Waals surface area contributed by atoms with Gasteiger partial charge in [0.1, 0.15) is 11.9 Å². The molecule has 0 bridgehead atoms. The number of aromatic nitrogens is 2. The molecule has 1 aromatic carbocycles. The van der Waals surface area contributed by atoms with Crippen molar-refractivity contribution in [2.45, 2.75) is 6.92 Å². The lowest BCUT2D eigenvalue weighted by atomic mass is 10.1. The Balaban J connectivity index is 2.24. The topological polar surface area (TPSA) is 91.0 Å². The van der Waals surface area contributed by atoms with Gasteiger partial charge in [0.15, 0.2) is 0 Å². The summed E-state index contributed by atoms with van der Waals surface area (Å²) in [4.78, 5) is 16.2. The highest BCUT2D eigenvalue weighted by Gasteiger charge is 2.17. The number of aryl methyl sites for hydroxylation is 1. The summed E-state index contributed by atoms with van der Waals surface area (Å²) < 4.78 is 3.94. The number of hydrogen-bond acceptors (Lipinski definition) is 7. The molecule has 0 fully saturated rings. The highest BCUT2D eigenvalue weighted by molar-refractivity contribution is 7.09. The monoisotopic (exact) mass is 339 g/mol. The van der Waals surface area contributed by atoms with E-state index in [9.17, 15) is 4.79 Å². The van der Waals surface area contributed by atoms with Crippen molar-refractivity contribution in [3.05, 3.63) is 39.6 Å². The Kier molecular flexibility index (Phi) is 4.85. The second-order valence-electron chi connectivity index (χ2n) is 3.78. The number of nitriles is 1. The van der Waals surface area contributed by atoms with Crippen LogP contribution < -0.4 is 5.43 Å². The lowest BCUT2D eigenvalue weighted by Gasteiger charge is -2.02. The van der Waals surface area contributed by atoms with Gasteiger partial charge >= 0.3 is 0 Å². The van der Waals surface area contributed by atoms with Crippen LogP contribution in [0.3, 0.4) is 0 Å². The van der Waals surface area contributed by atoms with Gasteiger partial charge in [0, 0.05) is 22.1 Å². The highest BCUT2D eigenvalue weighted by Crippen LogP contribution is 2.21. The van der Waals surface area contributed by atoms with Gasteiger partial charge in [-0.25, -0.2) is 10.4 Å². The third kappa shape index (κ3) is 3.76. The van der Waals surface area contributed by atoms with Crippen molar-refractivity contribution in [3.8, 4) is 6.07 Å². The van der Waals surface area contributed by atoms with Crippen LogP contribution in [0.25, 0.3) is 0 Å². The Labute approximate surface area is 134 Å². The minimum Gasteiger partial charge on any atom is -0.286 e. The summed E-state index contributed by atoms with van der Waals surface area (Å²) in [5.41, 5.74) is 2.33. The number of nitrogens with zero attached hydrogens (tertiary/aromatic N) is 4. The predicted octanol–water partition coefficient (Wildman–Crippen LogP) is 3.33. The molecule has 0 radical (unpaired) electrons. The predicted molar refractivity (Wildman–Crippen MR) is 82.1 cm³/mol. The van der Waals surface area contributed by atoms with E-state index in [1.54, 1.807) is 13.0 Å². The number of carbonyl (C=O) groups excluding carboxylic acids is 1. The number of benzene rings is 1. The van der Waals surface area contributed by atoms with Crippen LogP contribution in [0, 0.1) is 18.3 Å². The Morgan fingerprint density at radius 3 is 2.81 bits per heavy atom. The van der Waals surface area contributed by atoms with Crippen LogP contribution in [-0.2, 0) is 0 Å². The summed E-state index contributed by atoms with van der Waals surface area (Å²) in [5, 5.41) is 13.7. The standard InChI is InChI=1S/C12H7Cl2N5OS/c1-6-16-12(21-19-6)18-17-10(5-15)11(20)8-3-2-7(13)4-9(8)14/h2-4H,1H3,(H,16,18,19)/b17-10+. The molecule has 0 spiro atoms. The van der Waals surface area contributed by atoms with Gasteiger partial charge in [-0.05, 0) is 25.1 Å². The third-order valence-electron chi connectivity index (χ3n) is 2.29. The Morgan fingerprint density at radius 2 is 2.24 bits per heavy atom. The summed E-state index contributed by atoms with van der Waals surface area (Å²) >= 11 is 12.8. The number of halogens is 2. The van der Waals surface area contributed by atoms with E-state index in [-0.39, 0.29) is 16.3 Å². The van der Waals surface area contributed by atoms with Gasteiger partial charge in [0.2, 0.25) is 16.6 Å². The Hall–Kier alpha value is -2.01. The summed E-state index contributed by atoms with van der Waals surface area (Å²) in [6.45, 7) is 1.72. The molecule has 2 aromatic rings. The van der Waals surface area contributed by atoms with E-state index < -0.39 is 5.78 Å². The largest absolute Gasteiger partial charge is 0.286 e. The van der Waals surface area contributed by atoms with E-state index in [2.05, 4.69) is 19.9 Å². The maximum absolute atomic E-state index is 12.2. The zero-order chi connectivity index (χ0) is 15.4. The molecule has 0 amide bonds. The number of anilines is 1. The SMILES string of the molecule is Cc1nsc(N/N=C(\C#N)C(=O)c2ccc(Cl)cc2Cl)n1. The van der Waals surface area contributed by atoms with Gasteiger partial charge in [-0.15, -0.1) is 0 Å². The Bertz CT molecular complexity index is 765. The van der Waals surface area contributed by atoms with Crippen LogP contribution in [0.2, 0.25) is 10.0 Å². The second kappa shape index (κ2) is 6.63. The lowest BCUT2D eigenvalue weighted by Crippen LogP contribution is -2.14. The highest BCUT2D eigenvalue weighted by atomic mass is 35.5.